The summed E-state index contributed by atoms with van der Waals surface area (Å²) in [6.07, 6.45) is 3.50. The molecule has 0 aromatic heterocycles. The third kappa shape index (κ3) is 2.13. The third-order valence-electron chi connectivity index (χ3n) is 3.49. The molecule has 0 saturated heterocycles. The van der Waals surface area contributed by atoms with Gasteiger partial charge in [-0.25, -0.2) is 4.79 Å². The molecule has 4 heteroatoms. The topological polar surface area (TPSA) is 52.6 Å². The van der Waals surface area contributed by atoms with Crippen molar-refractivity contribution in [3.63, 3.8) is 0 Å². The van der Waals surface area contributed by atoms with E-state index in [0.29, 0.717) is 11.8 Å². The smallest absolute Gasteiger partial charge is 0.434 e. The Morgan fingerprint density at radius 1 is 1.27 bits per heavy atom. The van der Waals surface area contributed by atoms with Gasteiger partial charge in [-0.2, -0.15) is 0 Å². The Kier molecular flexibility index (Phi) is 2.93. The minimum atomic E-state index is -0.856. The highest BCUT2D eigenvalue weighted by Crippen LogP contribution is 2.48. The lowest BCUT2D eigenvalue weighted by Gasteiger charge is -2.18. The van der Waals surface area contributed by atoms with Crippen molar-refractivity contribution in [2.24, 2.45) is 17.8 Å². The number of esters is 1. The minimum absolute atomic E-state index is 0.0619. The maximum Gasteiger partial charge on any atom is 0.516 e. The highest BCUT2D eigenvalue weighted by atomic mass is 16.7. The summed E-state index contributed by atoms with van der Waals surface area (Å²) in [5.74, 6) is 0.667. The van der Waals surface area contributed by atoms with Gasteiger partial charge in [0.1, 0.15) is 0 Å². The van der Waals surface area contributed by atoms with Gasteiger partial charge in [0.2, 0.25) is 0 Å². The van der Waals surface area contributed by atoms with E-state index < -0.39 is 6.16 Å². The Bertz CT molecular complexity index is 274. The lowest BCUT2D eigenvalue weighted by molar-refractivity contribution is -0.146. The fraction of sp³-hybridized carbons (Fsp3) is 0.818. The van der Waals surface area contributed by atoms with Gasteiger partial charge in [0.05, 0.1) is 12.5 Å². The van der Waals surface area contributed by atoms with E-state index in [1.165, 1.54) is 6.42 Å². The van der Waals surface area contributed by atoms with Crippen molar-refractivity contribution in [3.8, 4) is 0 Å². The van der Waals surface area contributed by atoms with Crippen LogP contribution in [-0.4, -0.2) is 18.7 Å². The van der Waals surface area contributed by atoms with Gasteiger partial charge in [0, 0.05) is 0 Å². The van der Waals surface area contributed by atoms with E-state index in [2.05, 4.69) is 9.47 Å². The highest BCUT2D eigenvalue weighted by Gasteiger charge is 2.44. The van der Waals surface area contributed by atoms with Crippen LogP contribution < -0.4 is 0 Å². The molecule has 0 aromatic rings. The van der Waals surface area contributed by atoms with Gasteiger partial charge in [0.15, 0.2) is 0 Å². The first kappa shape index (κ1) is 10.5. The van der Waals surface area contributed by atoms with E-state index in [1.807, 2.05) is 0 Å². The molecule has 0 heterocycles. The van der Waals surface area contributed by atoms with Crippen molar-refractivity contribution >= 4 is 12.1 Å². The fourth-order valence-electron chi connectivity index (χ4n) is 2.84. The van der Waals surface area contributed by atoms with Gasteiger partial charge in [-0.15, -0.1) is 0 Å². The van der Waals surface area contributed by atoms with Gasteiger partial charge >= 0.3 is 12.1 Å². The van der Waals surface area contributed by atoms with Crippen LogP contribution in [0.1, 0.15) is 32.6 Å². The van der Waals surface area contributed by atoms with Crippen molar-refractivity contribution in [3.05, 3.63) is 0 Å². The van der Waals surface area contributed by atoms with Crippen molar-refractivity contribution in [2.45, 2.75) is 32.6 Å². The third-order valence-corrected chi connectivity index (χ3v) is 3.49. The predicted octanol–water partition coefficient (Wildman–Crippen LogP) is 2.12. The van der Waals surface area contributed by atoms with Crippen LogP contribution in [-0.2, 0) is 14.3 Å². The summed E-state index contributed by atoms with van der Waals surface area (Å²) in [5, 5.41) is 0. The number of carbonyl (C=O) groups is 2. The molecule has 2 fully saturated rings. The molecule has 15 heavy (non-hydrogen) atoms. The second kappa shape index (κ2) is 4.21. The Morgan fingerprint density at radius 3 is 2.60 bits per heavy atom. The second-order valence-corrected chi connectivity index (χ2v) is 4.39. The standard InChI is InChI=1S/C11H16O4/c1-2-14-11(13)15-10(12)9-6-7-3-4-8(9)5-7/h7-9H,2-6H2,1H3/t7-,8+,9+/m0/s1. The van der Waals surface area contributed by atoms with Gasteiger partial charge < -0.3 is 9.47 Å². The first-order valence-electron chi connectivity index (χ1n) is 5.59. The molecule has 0 radical (unpaired) electrons. The zero-order valence-electron chi connectivity index (χ0n) is 8.90. The number of carbonyl (C=O) groups excluding carboxylic acids is 2. The van der Waals surface area contributed by atoms with Crippen LogP contribution in [0.25, 0.3) is 0 Å². The van der Waals surface area contributed by atoms with Crippen LogP contribution >= 0.6 is 0 Å². The second-order valence-electron chi connectivity index (χ2n) is 4.39. The van der Waals surface area contributed by atoms with E-state index in [1.54, 1.807) is 6.92 Å². The molecule has 2 saturated carbocycles. The molecule has 0 unspecified atom stereocenters. The number of hydrogen-bond donors (Lipinski definition) is 0. The van der Waals surface area contributed by atoms with Gasteiger partial charge in [0.25, 0.3) is 0 Å². The van der Waals surface area contributed by atoms with E-state index >= 15 is 0 Å². The monoisotopic (exact) mass is 212 g/mol. The maximum absolute atomic E-state index is 11.6. The quantitative estimate of drug-likeness (QED) is 0.519. The van der Waals surface area contributed by atoms with E-state index in [4.69, 9.17) is 0 Å². The number of fused-ring (bicyclic) bond motifs is 2. The van der Waals surface area contributed by atoms with Crippen LogP contribution in [0.2, 0.25) is 0 Å². The van der Waals surface area contributed by atoms with Crippen molar-refractivity contribution in [1.82, 2.24) is 0 Å². The summed E-state index contributed by atoms with van der Waals surface area (Å²) in [4.78, 5) is 22.5. The Hall–Kier alpha value is -1.06. The van der Waals surface area contributed by atoms with E-state index in [9.17, 15) is 9.59 Å². The summed E-state index contributed by atoms with van der Waals surface area (Å²) in [6.45, 7) is 1.92. The minimum Gasteiger partial charge on any atom is -0.434 e. The molecule has 0 aromatic carbocycles. The summed E-state index contributed by atoms with van der Waals surface area (Å²) >= 11 is 0. The van der Waals surface area contributed by atoms with Gasteiger partial charge in [-0.05, 0) is 38.0 Å². The molecule has 2 aliphatic carbocycles. The summed E-state index contributed by atoms with van der Waals surface area (Å²) in [5.41, 5.74) is 0. The first-order chi connectivity index (χ1) is 7.20. The molecular weight excluding hydrogens is 196 g/mol. The van der Waals surface area contributed by atoms with Crippen molar-refractivity contribution in [1.29, 1.82) is 0 Å². The predicted molar refractivity (Wildman–Crippen MR) is 52.1 cm³/mol. The van der Waals surface area contributed by atoms with Crippen LogP contribution in [0.15, 0.2) is 0 Å². The highest BCUT2D eigenvalue weighted by molar-refractivity contribution is 5.83. The molecule has 2 bridgehead atoms. The maximum atomic E-state index is 11.6. The number of ether oxygens (including phenoxy) is 2. The van der Waals surface area contributed by atoms with Crippen LogP contribution in [0.4, 0.5) is 4.79 Å². The lowest BCUT2D eigenvalue weighted by atomic mass is 9.89. The SMILES string of the molecule is CCOC(=O)OC(=O)[C@@H]1C[C@H]2CC[C@@H]1C2. The largest absolute Gasteiger partial charge is 0.516 e. The average Bonchev–Trinajstić information content (AvgIpc) is 2.78. The van der Waals surface area contributed by atoms with Crippen molar-refractivity contribution < 1.29 is 19.1 Å². The molecular formula is C11H16O4. The molecule has 0 N–H and O–H groups in total. The average molecular weight is 212 g/mol. The molecule has 3 atom stereocenters. The Morgan fingerprint density at radius 2 is 2.07 bits per heavy atom. The van der Waals surface area contributed by atoms with Gasteiger partial charge in [-0.3, -0.25) is 4.79 Å². The molecule has 0 amide bonds. The number of hydrogen-bond acceptors (Lipinski definition) is 4. The van der Waals surface area contributed by atoms with E-state index in [0.717, 1.165) is 19.3 Å². The molecule has 4 nitrogen and oxygen atoms in total. The summed E-state index contributed by atoms with van der Waals surface area (Å²) in [6, 6.07) is 0. The molecule has 2 aliphatic rings. The van der Waals surface area contributed by atoms with Crippen LogP contribution in [0, 0.1) is 17.8 Å². The fourth-order valence-corrected chi connectivity index (χ4v) is 2.84. The summed E-state index contributed by atoms with van der Waals surface area (Å²) < 4.78 is 9.20. The molecule has 2 rings (SSSR count). The Balaban J connectivity index is 1.84. The zero-order chi connectivity index (χ0) is 10.8. The summed E-state index contributed by atoms with van der Waals surface area (Å²) in [7, 11) is 0. The zero-order valence-corrected chi connectivity index (χ0v) is 8.90. The molecule has 0 spiro atoms. The normalized spacial score (nSPS) is 32.7. The van der Waals surface area contributed by atoms with Crippen LogP contribution in [0.3, 0.4) is 0 Å². The first-order valence-corrected chi connectivity index (χ1v) is 5.59. The molecule has 0 aliphatic heterocycles. The van der Waals surface area contributed by atoms with Crippen LogP contribution in [0.5, 0.6) is 0 Å². The lowest BCUT2D eigenvalue weighted by Crippen LogP contribution is -2.26. The van der Waals surface area contributed by atoms with E-state index in [-0.39, 0.29) is 18.5 Å². The van der Waals surface area contributed by atoms with Crippen molar-refractivity contribution in [2.75, 3.05) is 6.61 Å². The van der Waals surface area contributed by atoms with Gasteiger partial charge in [-0.1, -0.05) is 6.42 Å². The number of rotatable bonds is 2. The Labute approximate surface area is 88.9 Å². The molecule has 84 valence electrons.